The van der Waals surface area contributed by atoms with Gasteiger partial charge in [0.1, 0.15) is 6.54 Å². The molecule has 7 heteroatoms. The zero-order chi connectivity index (χ0) is 12.0. The summed E-state index contributed by atoms with van der Waals surface area (Å²) in [5, 5.41) is 3.95. The van der Waals surface area contributed by atoms with E-state index in [4.69, 9.17) is 0 Å². The first-order valence-electron chi connectivity index (χ1n) is 4.46. The molecule has 88 valence electrons. The number of carbonyl (C=O) groups is 1. The molecule has 0 bridgehead atoms. The van der Waals surface area contributed by atoms with E-state index in [2.05, 4.69) is 10.3 Å². The van der Waals surface area contributed by atoms with E-state index in [-0.39, 0.29) is 6.54 Å². The predicted octanol–water partition coefficient (Wildman–Crippen LogP) is 1.44. The van der Waals surface area contributed by atoms with Gasteiger partial charge in [0.05, 0.1) is 12.2 Å². The fourth-order valence-corrected chi connectivity index (χ4v) is 0.917. The van der Waals surface area contributed by atoms with Crippen LogP contribution in [0.5, 0.6) is 0 Å². The molecule has 0 radical (unpaired) electrons. The van der Waals surface area contributed by atoms with Crippen LogP contribution in [0.3, 0.4) is 0 Å². The Balaban J connectivity index is 2.26. The molecule has 0 aromatic carbocycles. The number of halogens is 3. The Morgan fingerprint density at radius 1 is 1.31 bits per heavy atom. The molecule has 2 N–H and O–H groups in total. The maximum Gasteiger partial charge on any atom is 0.405 e. The van der Waals surface area contributed by atoms with Crippen molar-refractivity contribution in [3.8, 4) is 0 Å². The molecule has 0 spiro atoms. The van der Waals surface area contributed by atoms with Gasteiger partial charge in [-0.1, -0.05) is 6.07 Å². The second-order valence-electron chi connectivity index (χ2n) is 2.97. The van der Waals surface area contributed by atoms with Crippen LogP contribution in [0.2, 0.25) is 0 Å². The quantitative estimate of drug-likeness (QED) is 0.830. The van der Waals surface area contributed by atoms with Crippen molar-refractivity contribution in [3.63, 3.8) is 0 Å². The summed E-state index contributed by atoms with van der Waals surface area (Å²) in [5.41, 5.74) is 0.574. The lowest BCUT2D eigenvalue weighted by molar-refractivity contribution is -0.122. The molecule has 0 saturated carbocycles. The van der Waals surface area contributed by atoms with Gasteiger partial charge in [-0.3, -0.25) is 4.98 Å². The maximum absolute atomic E-state index is 11.7. The Kier molecular flexibility index (Phi) is 4.10. The fourth-order valence-electron chi connectivity index (χ4n) is 0.917. The van der Waals surface area contributed by atoms with Gasteiger partial charge in [-0.25, -0.2) is 4.79 Å². The van der Waals surface area contributed by atoms with Gasteiger partial charge in [0.2, 0.25) is 0 Å². The van der Waals surface area contributed by atoms with Crippen molar-refractivity contribution >= 4 is 6.03 Å². The van der Waals surface area contributed by atoms with E-state index < -0.39 is 18.8 Å². The molecule has 0 aliphatic carbocycles. The lowest BCUT2D eigenvalue weighted by Crippen LogP contribution is -2.40. The third-order valence-corrected chi connectivity index (χ3v) is 1.61. The molecule has 1 rings (SSSR count). The average molecular weight is 233 g/mol. The van der Waals surface area contributed by atoms with Gasteiger partial charge in [0.25, 0.3) is 0 Å². The molecule has 0 aliphatic rings. The second-order valence-corrected chi connectivity index (χ2v) is 2.97. The van der Waals surface area contributed by atoms with E-state index in [1.54, 1.807) is 23.5 Å². The van der Waals surface area contributed by atoms with Gasteiger partial charge in [-0.15, -0.1) is 0 Å². The molecular weight excluding hydrogens is 223 g/mol. The SMILES string of the molecule is O=C(NCc1ccccn1)NCC(F)(F)F. The lowest BCUT2D eigenvalue weighted by Gasteiger charge is -2.09. The van der Waals surface area contributed by atoms with Gasteiger partial charge in [-0.05, 0) is 12.1 Å². The van der Waals surface area contributed by atoms with E-state index >= 15 is 0 Å². The zero-order valence-electron chi connectivity index (χ0n) is 8.21. The summed E-state index contributed by atoms with van der Waals surface area (Å²) in [5.74, 6) is 0. The normalized spacial score (nSPS) is 10.9. The molecule has 0 fully saturated rings. The van der Waals surface area contributed by atoms with Gasteiger partial charge in [0.15, 0.2) is 0 Å². The Morgan fingerprint density at radius 3 is 2.62 bits per heavy atom. The molecule has 0 atom stereocenters. The van der Waals surface area contributed by atoms with Crippen LogP contribution < -0.4 is 10.6 Å². The van der Waals surface area contributed by atoms with Crippen molar-refractivity contribution in [2.24, 2.45) is 0 Å². The molecule has 0 unspecified atom stereocenters. The average Bonchev–Trinajstić information content (AvgIpc) is 2.24. The first-order chi connectivity index (χ1) is 7.47. The number of amides is 2. The van der Waals surface area contributed by atoms with Gasteiger partial charge >= 0.3 is 12.2 Å². The Labute approximate surface area is 89.9 Å². The molecular formula is C9H10F3N3O. The van der Waals surface area contributed by atoms with E-state index in [1.807, 2.05) is 0 Å². The Hall–Kier alpha value is -1.79. The third-order valence-electron chi connectivity index (χ3n) is 1.61. The highest BCUT2D eigenvalue weighted by molar-refractivity contribution is 5.73. The highest BCUT2D eigenvalue weighted by Crippen LogP contribution is 2.11. The van der Waals surface area contributed by atoms with Crippen molar-refractivity contribution in [2.75, 3.05) is 6.54 Å². The van der Waals surface area contributed by atoms with Crippen LogP contribution in [0, 0.1) is 0 Å². The van der Waals surface area contributed by atoms with Gasteiger partial charge in [0, 0.05) is 6.20 Å². The van der Waals surface area contributed by atoms with E-state index in [0.29, 0.717) is 5.69 Å². The summed E-state index contributed by atoms with van der Waals surface area (Å²) in [7, 11) is 0. The van der Waals surface area contributed by atoms with Crippen molar-refractivity contribution < 1.29 is 18.0 Å². The monoisotopic (exact) mass is 233 g/mol. The van der Waals surface area contributed by atoms with Crippen LogP contribution in [0.4, 0.5) is 18.0 Å². The van der Waals surface area contributed by atoms with Crippen LogP contribution in [-0.4, -0.2) is 23.7 Å². The highest BCUT2D eigenvalue weighted by atomic mass is 19.4. The number of pyridine rings is 1. The van der Waals surface area contributed by atoms with Crippen LogP contribution in [0.1, 0.15) is 5.69 Å². The summed E-state index contributed by atoms with van der Waals surface area (Å²) in [6, 6.07) is 4.21. The smallest absolute Gasteiger partial charge is 0.333 e. The zero-order valence-corrected chi connectivity index (χ0v) is 8.21. The van der Waals surface area contributed by atoms with Crippen LogP contribution in [0.25, 0.3) is 0 Å². The molecule has 0 aliphatic heterocycles. The Morgan fingerprint density at radius 2 is 2.06 bits per heavy atom. The minimum Gasteiger partial charge on any atom is -0.333 e. The molecule has 1 heterocycles. The summed E-state index contributed by atoms with van der Waals surface area (Å²) in [6.07, 6.45) is -2.87. The predicted molar refractivity (Wildman–Crippen MR) is 50.5 cm³/mol. The first kappa shape index (κ1) is 12.3. The minimum absolute atomic E-state index is 0.0878. The maximum atomic E-state index is 11.7. The molecule has 0 saturated heterocycles. The van der Waals surface area contributed by atoms with Crippen molar-refractivity contribution in [1.82, 2.24) is 15.6 Å². The summed E-state index contributed by atoms with van der Waals surface area (Å²) in [4.78, 5) is 14.8. The topological polar surface area (TPSA) is 54.0 Å². The molecule has 1 aromatic heterocycles. The number of aromatic nitrogens is 1. The highest BCUT2D eigenvalue weighted by Gasteiger charge is 2.27. The molecule has 2 amide bonds. The van der Waals surface area contributed by atoms with E-state index in [1.165, 1.54) is 6.20 Å². The van der Waals surface area contributed by atoms with E-state index in [9.17, 15) is 18.0 Å². The number of alkyl halides is 3. The number of carbonyl (C=O) groups excluding carboxylic acids is 1. The third kappa shape index (κ3) is 5.18. The number of urea groups is 1. The van der Waals surface area contributed by atoms with Gasteiger partial charge in [-0.2, -0.15) is 13.2 Å². The number of hydrogen-bond acceptors (Lipinski definition) is 2. The van der Waals surface area contributed by atoms with Crippen LogP contribution in [0.15, 0.2) is 24.4 Å². The summed E-state index contributed by atoms with van der Waals surface area (Å²) < 4.78 is 35.2. The van der Waals surface area contributed by atoms with Crippen LogP contribution in [-0.2, 0) is 6.54 Å². The fraction of sp³-hybridized carbons (Fsp3) is 0.333. The first-order valence-corrected chi connectivity index (χ1v) is 4.46. The largest absolute Gasteiger partial charge is 0.405 e. The minimum atomic E-state index is -4.40. The molecule has 16 heavy (non-hydrogen) atoms. The number of nitrogens with one attached hydrogen (secondary N) is 2. The number of hydrogen-bond donors (Lipinski definition) is 2. The summed E-state index contributed by atoms with van der Waals surface area (Å²) >= 11 is 0. The molecule has 1 aromatic rings. The van der Waals surface area contributed by atoms with Gasteiger partial charge < -0.3 is 10.6 Å². The summed E-state index contributed by atoms with van der Waals surface area (Å²) in [6.45, 7) is -1.26. The number of nitrogens with zero attached hydrogens (tertiary/aromatic N) is 1. The second kappa shape index (κ2) is 5.34. The van der Waals surface area contributed by atoms with Crippen molar-refractivity contribution in [1.29, 1.82) is 0 Å². The lowest BCUT2D eigenvalue weighted by atomic mass is 10.3. The van der Waals surface area contributed by atoms with Crippen LogP contribution >= 0.6 is 0 Å². The Bertz CT molecular complexity index is 340. The van der Waals surface area contributed by atoms with Crippen molar-refractivity contribution in [3.05, 3.63) is 30.1 Å². The standard InChI is InChI=1S/C9H10F3N3O/c10-9(11,12)6-15-8(16)14-5-7-3-1-2-4-13-7/h1-4H,5-6H2,(H2,14,15,16). The number of rotatable bonds is 3. The van der Waals surface area contributed by atoms with Crippen molar-refractivity contribution in [2.45, 2.75) is 12.7 Å². The molecule has 4 nitrogen and oxygen atoms in total. The van der Waals surface area contributed by atoms with E-state index in [0.717, 1.165) is 0 Å².